The van der Waals surface area contributed by atoms with Gasteiger partial charge in [0.15, 0.2) is 0 Å². The lowest BCUT2D eigenvalue weighted by atomic mass is 9.95. The average Bonchev–Trinajstić information content (AvgIpc) is 3.57. The Morgan fingerprint density at radius 1 is 0.932 bits per heavy atom. The van der Waals surface area contributed by atoms with Crippen LogP contribution in [0.2, 0.25) is 0 Å². The second-order valence-electron chi connectivity index (χ2n) is 10.3. The Morgan fingerprint density at radius 3 is 2.34 bits per heavy atom. The van der Waals surface area contributed by atoms with Crippen LogP contribution in [0.15, 0.2) is 96.6 Å². The van der Waals surface area contributed by atoms with E-state index in [4.69, 9.17) is 9.47 Å². The van der Waals surface area contributed by atoms with Gasteiger partial charge in [0.25, 0.3) is 5.78 Å². The number of aromatic amines is 1. The Hall–Kier alpha value is -5.90. The molecule has 0 bridgehead atoms. The number of carboxylic acids is 1. The number of H-pyrrole nitrogens is 1. The smallest absolute Gasteiger partial charge is 0.335 e. The Bertz CT molecular complexity index is 1950. The molecule has 3 N–H and O–H groups in total. The molecule has 44 heavy (non-hydrogen) atoms. The second-order valence-corrected chi connectivity index (χ2v) is 10.3. The molecule has 4 aromatic carbocycles. The number of imidazole rings is 1. The molecule has 1 saturated heterocycles. The van der Waals surface area contributed by atoms with E-state index in [1.807, 2.05) is 37.3 Å². The predicted molar refractivity (Wildman–Crippen MR) is 163 cm³/mol. The van der Waals surface area contributed by atoms with Crippen LogP contribution in [0.3, 0.4) is 0 Å². The van der Waals surface area contributed by atoms with E-state index in [1.54, 1.807) is 42.5 Å². The van der Waals surface area contributed by atoms with Crippen molar-refractivity contribution in [1.29, 1.82) is 0 Å². The highest BCUT2D eigenvalue weighted by Crippen LogP contribution is 2.42. The molecule has 10 heteroatoms. The van der Waals surface area contributed by atoms with Crippen molar-refractivity contribution >= 4 is 40.4 Å². The number of hydrogen-bond acceptors (Lipinski definition) is 7. The Kier molecular flexibility index (Phi) is 7.32. The van der Waals surface area contributed by atoms with Crippen molar-refractivity contribution in [2.45, 2.75) is 19.6 Å². The summed E-state index contributed by atoms with van der Waals surface area (Å²) in [6.07, 6.45) is 0. The minimum atomic E-state index is -1.12. The fraction of sp³-hybridized carbons (Fsp3) is 0.118. The molecular weight excluding hydrogens is 562 g/mol. The SMILES string of the molecule is COc1ccc(C2/C(=C(\O)c3ccc(OCc4ccccc4)c(C)c3)C(=O)C(=O)N2c2nc3ccc(C(=O)O)cc3[nH]2)cc1. The number of aromatic nitrogens is 2. The number of nitrogens with zero attached hydrogens (tertiary/aromatic N) is 2. The quantitative estimate of drug-likeness (QED) is 0.117. The molecule has 0 spiro atoms. The van der Waals surface area contributed by atoms with E-state index in [1.165, 1.54) is 30.2 Å². The highest BCUT2D eigenvalue weighted by molar-refractivity contribution is 6.51. The number of carboxylic acid groups (broad SMARTS) is 1. The van der Waals surface area contributed by atoms with Crippen molar-refractivity contribution in [3.05, 3.63) is 124 Å². The van der Waals surface area contributed by atoms with E-state index in [0.29, 0.717) is 40.3 Å². The van der Waals surface area contributed by atoms with Crippen LogP contribution in [0.25, 0.3) is 16.8 Å². The van der Waals surface area contributed by atoms with Crippen LogP contribution in [0.5, 0.6) is 11.5 Å². The third-order valence-corrected chi connectivity index (χ3v) is 7.51. The van der Waals surface area contributed by atoms with Gasteiger partial charge < -0.3 is 24.7 Å². The standard InChI is InChI=1S/C34H27N3O7/c1-19-16-22(11-15-27(19)44-18-20-6-4-3-5-7-20)30(38)28-29(21-8-12-24(43-2)13-9-21)37(32(40)31(28)39)34-35-25-14-10-23(33(41)42)17-26(25)36-34/h3-17,29,38H,18H2,1-2H3,(H,35,36)(H,41,42)/b30-28+. The van der Waals surface area contributed by atoms with Crippen LogP contribution in [0, 0.1) is 6.92 Å². The van der Waals surface area contributed by atoms with Gasteiger partial charge in [-0.1, -0.05) is 42.5 Å². The summed E-state index contributed by atoms with van der Waals surface area (Å²) in [6, 6.07) is 24.8. The summed E-state index contributed by atoms with van der Waals surface area (Å²) in [4.78, 5) is 47.3. The lowest BCUT2D eigenvalue weighted by molar-refractivity contribution is -0.132. The molecule has 0 saturated carbocycles. The number of nitrogens with one attached hydrogen (secondary N) is 1. The van der Waals surface area contributed by atoms with Gasteiger partial charge in [-0.05, 0) is 72.1 Å². The maximum Gasteiger partial charge on any atom is 0.335 e. The number of ether oxygens (including phenoxy) is 2. The zero-order chi connectivity index (χ0) is 31.0. The highest BCUT2D eigenvalue weighted by atomic mass is 16.5. The molecule has 1 atom stereocenters. The number of aliphatic hydroxyl groups excluding tert-OH is 1. The number of aliphatic hydroxyl groups is 1. The summed E-state index contributed by atoms with van der Waals surface area (Å²) < 4.78 is 11.3. The normalized spacial score (nSPS) is 16.0. The van der Waals surface area contributed by atoms with Gasteiger partial charge in [0, 0.05) is 5.56 Å². The molecule has 5 aromatic rings. The number of anilines is 1. The molecule has 1 aliphatic rings. The van der Waals surface area contributed by atoms with Crippen molar-refractivity contribution in [3.8, 4) is 11.5 Å². The van der Waals surface area contributed by atoms with Crippen LogP contribution >= 0.6 is 0 Å². The first-order valence-corrected chi connectivity index (χ1v) is 13.7. The predicted octanol–water partition coefficient (Wildman–Crippen LogP) is 5.78. The third-order valence-electron chi connectivity index (χ3n) is 7.51. The number of carbonyl (C=O) groups is 3. The number of hydrogen-bond donors (Lipinski definition) is 3. The molecule has 1 fully saturated rings. The maximum atomic E-state index is 13.6. The number of benzene rings is 4. The first kappa shape index (κ1) is 28.2. The number of carbonyl (C=O) groups excluding carboxylic acids is 2. The van der Waals surface area contributed by atoms with Gasteiger partial charge in [0.1, 0.15) is 23.9 Å². The van der Waals surface area contributed by atoms with Crippen molar-refractivity contribution in [2.75, 3.05) is 12.0 Å². The zero-order valence-corrected chi connectivity index (χ0v) is 23.8. The van der Waals surface area contributed by atoms with E-state index < -0.39 is 23.7 Å². The fourth-order valence-corrected chi connectivity index (χ4v) is 5.25. The lowest BCUT2D eigenvalue weighted by Gasteiger charge is -2.23. The summed E-state index contributed by atoms with van der Waals surface area (Å²) in [5.74, 6) is -2.05. The monoisotopic (exact) mass is 589 g/mol. The largest absolute Gasteiger partial charge is 0.507 e. The van der Waals surface area contributed by atoms with Gasteiger partial charge in [-0.15, -0.1) is 0 Å². The topological polar surface area (TPSA) is 142 Å². The van der Waals surface area contributed by atoms with E-state index in [9.17, 15) is 24.6 Å². The summed E-state index contributed by atoms with van der Waals surface area (Å²) in [7, 11) is 1.52. The van der Waals surface area contributed by atoms with Crippen molar-refractivity contribution in [3.63, 3.8) is 0 Å². The molecule has 1 aromatic heterocycles. The second kappa shape index (κ2) is 11.4. The molecule has 0 radical (unpaired) electrons. The Balaban J connectivity index is 1.42. The van der Waals surface area contributed by atoms with Gasteiger partial charge in [-0.25, -0.2) is 9.78 Å². The number of aromatic carboxylic acids is 1. The van der Waals surface area contributed by atoms with E-state index in [2.05, 4.69) is 9.97 Å². The van der Waals surface area contributed by atoms with E-state index >= 15 is 0 Å². The first-order chi connectivity index (χ1) is 21.2. The van der Waals surface area contributed by atoms with Gasteiger partial charge in [0.2, 0.25) is 5.95 Å². The zero-order valence-electron chi connectivity index (χ0n) is 23.8. The number of aryl methyl sites for hydroxylation is 1. The highest BCUT2D eigenvalue weighted by Gasteiger charge is 2.48. The Labute approximate surface area is 251 Å². The van der Waals surface area contributed by atoms with Crippen LogP contribution in [-0.4, -0.2) is 45.0 Å². The summed E-state index contributed by atoms with van der Waals surface area (Å²) in [6.45, 7) is 2.19. The molecule has 2 heterocycles. The van der Waals surface area contributed by atoms with Crippen LogP contribution in [0.4, 0.5) is 5.95 Å². The molecular formula is C34H27N3O7. The van der Waals surface area contributed by atoms with Gasteiger partial charge >= 0.3 is 11.9 Å². The van der Waals surface area contributed by atoms with Gasteiger partial charge in [-0.3, -0.25) is 14.5 Å². The number of amides is 1. The van der Waals surface area contributed by atoms with Gasteiger partial charge in [-0.2, -0.15) is 0 Å². The minimum absolute atomic E-state index is 0.0327. The molecule has 6 rings (SSSR count). The van der Waals surface area contributed by atoms with Crippen LogP contribution in [0.1, 0.15) is 38.7 Å². The van der Waals surface area contributed by atoms with Crippen molar-refractivity contribution < 1.29 is 34.1 Å². The minimum Gasteiger partial charge on any atom is -0.507 e. The van der Waals surface area contributed by atoms with Crippen molar-refractivity contribution in [1.82, 2.24) is 9.97 Å². The average molecular weight is 590 g/mol. The fourth-order valence-electron chi connectivity index (χ4n) is 5.25. The number of methoxy groups -OCH3 is 1. The van der Waals surface area contributed by atoms with Crippen LogP contribution in [-0.2, 0) is 16.2 Å². The summed E-state index contributed by atoms with van der Waals surface area (Å²) in [5.41, 5.74) is 3.28. The molecule has 1 amide bonds. The third kappa shape index (κ3) is 5.13. The number of Topliss-reactive ketones (excluding diaryl/α,β-unsaturated/α-hetero) is 1. The van der Waals surface area contributed by atoms with E-state index in [-0.39, 0.29) is 22.8 Å². The van der Waals surface area contributed by atoms with Crippen molar-refractivity contribution in [2.24, 2.45) is 0 Å². The Morgan fingerprint density at radius 2 is 1.66 bits per heavy atom. The summed E-state index contributed by atoms with van der Waals surface area (Å²) in [5, 5.41) is 21.0. The number of fused-ring (bicyclic) bond motifs is 1. The first-order valence-electron chi connectivity index (χ1n) is 13.7. The molecule has 0 aliphatic carbocycles. The van der Waals surface area contributed by atoms with Gasteiger partial charge in [0.05, 0.1) is 35.3 Å². The maximum absolute atomic E-state index is 13.6. The molecule has 1 aliphatic heterocycles. The van der Waals surface area contributed by atoms with E-state index in [0.717, 1.165) is 11.1 Å². The number of rotatable bonds is 8. The summed E-state index contributed by atoms with van der Waals surface area (Å²) >= 11 is 0. The lowest BCUT2D eigenvalue weighted by Crippen LogP contribution is -2.30. The number of ketones is 1. The van der Waals surface area contributed by atoms with Crippen LogP contribution < -0.4 is 14.4 Å². The molecule has 1 unspecified atom stereocenters. The molecule has 10 nitrogen and oxygen atoms in total. The molecule has 220 valence electrons.